The summed E-state index contributed by atoms with van der Waals surface area (Å²) in [6.07, 6.45) is 8.05. The van der Waals surface area contributed by atoms with Crippen LogP contribution in [-0.4, -0.2) is 76.6 Å². The van der Waals surface area contributed by atoms with Gasteiger partial charge in [0, 0.05) is 12.8 Å². The van der Waals surface area contributed by atoms with E-state index >= 15 is 0 Å². The molecule has 0 bridgehead atoms. The van der Waals surface area contributed by atoms with Crippen molar-refractivity contribution < 1.29 is 9.15 Å². The Morgan fingerprint density at radius 2 is 1.16 bits per heavy atom. The zero-order chi connectivity index (χ0) is 12.7. The maximum atomic E-state index is 2.67. The highest BCUT2D eigenvalue weighted by Crippen LogP contribution is 2.18. The Bertz CT molecular complexity index is 397. The van der Waals surface area contributed by atoms with Gasteiger partial charge in [-0.3, -0.25) is 9.15 Å². The molecule has 19 heavy (non-hydrogen) atoms. The molecular formula is C15H26N4+2. The minimum absolute atomic E-state index is 1.15. The monoisotopic (exact) mass is 262 g/mol. The van der Waals surface area contributed by atoms with E-state index in [2.05, 4.69) is 19.0 Å². The molecule has 0 fully saturated rings. The second-order valence-corrected chi connectivity index (χ2v) is 6.39. The van der Waals surface area contributed by atoms with Gasteiger partial charge in [-0.15, -0.1) is 0 Å². The summed E-state index contributed by atoms with van der Waals surface area (Å²) < 4.78 is 5.26. The van der Waals surface area contributed by atoms with E-state index < -0.39 is 0 Å². The van der Waals surface area contributed by atoms with Gasteiger partial charge in [-0.25, -0.2) is 9.80 Å². The summed E-state index contributed by atoms with van der Waals surface area (Å²) in [6.45, 7) is 8.90. The SMILES string of the molecule is C1CC2=[N+](C1)CCCN2CN1CCC[N+]2=C1CCC2. The molecule has 0 saturated carbocycles. The van der Waals surface area contributed by atoms with Gasteiger partial charge in [0.2, 0.25) is 18.3 Å². The van der Waals surface area contributed by atoms with E-state index in [1.807, 2.05) is 0 Å². The predicted octanol–water partition coefficient (Wildman–Crippen LogP) is 0.765. The van der Waals surface area contributed by atoms with E-state index in [1.165, 1.54) is 77.8 Å². The molecule has 0 aliphatic carbocycles. The molecule has 4 aliphatic rings. The minimum atomic E-state index is 1.15. The Kier molecular flexibility index (Phi) is 2.97. The zero-order valence-corrected chi connectivity index (χ0v) is 12.0. The summed E-state index contributed by atoms with van der Waals surface area (Å²) in [7, 11) is 0. The number of nitrogens with zero attached hydrogens (tertiary/aromatic N) is 4. The van der Waals surface area contributed by atoms with Gasteiger partial charge in [-0.05, 0) is 12.8 Å². The van der Waals surface area contributed by atoms with Crippen LogP contribution in [-0.2, 0) is 0 Å². The van der Waals surface area contributed by atoms with Gasteiger partial charge < -0.3 is 0 Å². The Labute approximate surface area is 116 Å². The van der Waals surface area contributed by atoms with Gasteiger partial charge in [0.25, 0.3) is 0 Å². The number of rotatable bonds is 2. The van der Waals surface area contributed by atoms with E-state index in [-0.39, 0.29) is 0 Å². The van der Waals surface area contributed by atoms with E-state index in [0.717, 1.165) is 6.67 Å². The molecule has 0 saturated heterocycles. The Morgan fingerprint density at radius 3 is 1.68 bits per heavy atom. The van der Waals surface area contributed by atoms with Crippen LogP contribution in [0.25, 0.3) is 0 Å². The van der Waals surface area contributed by atoms with Crippen LogP contribution in [0.15, 0.2) is 0 Å². The zero-order valence-electron chi connectivity index (χ0n) is 12.0. The minimum Gasteiger partial charge on any atom is -0.265 e. The van der Waals surface area contributed by atoms with Crippen LogP contribution in [0, 0.1) is 0 Å². The molecule has 0 aromatic rings. The largest absolute Gasteiger partial charge is 0.265 e. The lowest BCUT2D eigenvalue weighted by molar-refractivity contribution is -0.533. The van der Waals surface area contributed by atoms with Crippen molar-refractivity contribution in [3.8, 4) is 0 Å². The van der Waals surface area contributed by atoms with Crippen molar-refractivity contribution in [3.63, 3.8) is 0 Å². The average molecular weight is 262 g/mol. The van der Waals surface area contributed by atoms with Crippen molar-refractivity contribution in [3.05, 3.63) is 0 Å². The van der Waals surface area contributed by atoms with Crippen LogP contribution >= 0.6 is 0 Å². The van der Waals surface area contributed by atoms with E-state index in [4.69, 9.17) is 0 Å². The highest BCUT2D eigenvalue weighted by atomic mass is 15.4. The normalized spacial score (nSPS) is 27.2. The smallest absolute Gasteiger partial charge is 0.250 e. The van der Waals surface area contributed by atoms with E-state index in [1.54, 1.807) is 11.7 Å². The molecule has 0 N–H and O–H groups in total. The maximum absolute atomic E-state index is 2.67. The lowest BCUT2D eigenvalue weighted by Crippen LogP contribution is -2.51. The highest BCUT2D eigenvalue weighted by molar-refractivity contribution is 5.81. The summed E-state index contributed by atoms with van der Waals surface area (Å²) in [5.74, 6) is 3.28. The summed E-state index contributed by atoms with van der Waals surface area (Å²) in [5.41, 5.74) is 0. The maximum Gasteiger partial charge on any atom is 0.250 e. The van der Waals surface area contributed by atoms with Gasteiger partial charge in [-0.1, -0.05) is 0 Å². The van der Waals surface area contributed by atoms with Gasteiger partial charge in [0.05, 0.1) is 52.1 Å². The molecule has 4 aliphatic heterocycles. The summed E-state index contributed by atoms with van der Waals surface area (Å²) in [6, 6.07) is 0. The second kappa shape index (κ2) is 4.80. The molecule has 0 radical (unpaired) electrons. The predicted molar refractivity (Wildman–Crippen MR) is 76.0 cm³/mol. The third-order valence-corrected chi connectivity index (χ3v) is 5.17. The molecule has 0 aromatic heterocycles. The van der Waals surface area contributed by atoms with Crippen molar-refractivity contribution in [1.82, 2.24) is 9.80 Å². The van der Waals surface area contributed by atoms with Crippen LogP contribution in [0.2, 0.25) is 0 Å². The fourth-order valence-electron chi connectivity index (χ4n) is 4.30. The highest BCUT2D eigenvalue weighted by Gasteiger charge is 2.37. The lowest BCUT2D eigenvalue weighted by atomic mass is 10.2. The summed E-state index contributed by atoms with van der Waals surface area (Å²) in [4.78, 5) is 5.34. The average Bonchev–Trinajstić information content (AvgIpc) is 3.08. The van der Waals surface area contributed by atoms with Crippen molar-refractivity contribution in [2.75, 3.05) is 45.9 Å². The molecule has 4 rings (SSSR count). The first-order valence-electron chi connectivity index (χ1n) is 8.13. The summed E-state index contributed by atoms with van der Waals surface area (Å²) in [5, 5.41) is 0. The van der Waals surface area contributed by atoms with Crippen molar-refractivity contribution in [1.29, 1.82) is 0 Å². The molecule has 0 spiro atoms. The second-order valence-electron chi connectivity index (χ2n) is 6.39. The molecule has 4 heteroatoms. The third-order valence-electron chi connectivity index (χ3n) is 5.17. The Hall–Kier alpha value is -1.06. The number of amidine groups is 2. The third kappa shape index (κ3) is 2.05. The number of hydrogen-bond acceptors (Lipinski definition) is 2. The van der Waals surface area contributed by atoms with Gasteiger partial charge in [-0.2, -0.15) is 0 Å². The van der Waals surface area contributed by atoms with E-state index in [9.17, 15) is 0 Å². The van der Waals surface area contributed by atoms with Crippen LogP contribution in [0.1, 0.15) is 38.5 Å². The molecule has 0 aromatic carbocycles. The first-order chi connectivity index (χ1) is 9.42. The van der Waals surface area contributed by atoms with Crippen molar-refractivity contribution in [2.24, 2.45) is 0 Å². The lowest BCUT2D eigenvalue weighted by Gasteiger charge is -2.29. The fourth-order valence-corrected chi connectivity index (χ4v) is 4.30. The standard InChI is InChI=1S/C15H26N4/c1-5-14-16(7-1)9-3-11-18(14)13-19-12-4-10-17-8-2-6-15(17)19/h1-13H2/q+2. The number of hydrogen-bond donors (Lipinski definition) is 0. The Balaban J connectivity index is 1.52. The fraction of sp³-hybridized carbons (Fsp3) is 0.867. The Morgan fingerprint density at radius 1 is 0.684 bits per heavy atom. The van der Waals surface area contributed by atoms with Crippen LogP contribution < -0.4 is 0 Å². The molecule has 104 valence electrons. The first-order valence-corrected chi connectivity index (χ1v) is 8.13. The molecule has 4 nitrogen and oxygen atoms in total. The molecule has 4 heterocycles. The summed E-state index contributed by atoms with van der Waals surface area (Å²) >= 11 is 0. The van der Waals surface area contributed by atoms with Gasteiger partial charge in [0.1, 0.15) is 0 Å². The van der Waals surface area contributed by atoms with Gasteiger partial charge >= 0.3 is 0 Å². The van der Waals surface area contributed by atoms with E-state index in [0.29, 0.717) is 0 Å². The topological polar surface area (TPSA) is 12.5 Å². The molecule has 0 amide bonds. The van der Waals surface area contributed by atoms with Crippen molar-refractivity contribution >= 4 is 11.7 Å². The van der Waals surface area contributed by atoms with Gasteiger partial charge in [0.15, 0.2) is 0 Å². The molecular weight excluding hydrogens is 236 g/mol. The quantitative estimate of drug-likeness (QED) is 0.682. The molecule has 0 unspecified atom stereocenters. The first kappa shape index (κ1) is 11.7. The van der Waals surface area contributed by atoms with Crippen LogP contribution in [0.3, 0.4) is 0 Å². The van der Waals surface area contributed by atoms with Crippen LogP contribution in [0.4, 0.5) is 0 Å². The molecule has 0 atom stereocenters. The van der Waals surface area contributed by atoms with Crippen LogP contribution in [0.5, 0.6) is 0 Å². The van der Waals surface area contributed by atoms with Crippen molar-refractivity contribution in [2.45, 2.75) is 38.5 Å².